The Kier molecular flexibility index (Phi) is 4.99. The monoisotopic (exact) mass is 444 g/mol. The van der Waals surface area contributed by atoms with Crippen molar-refractivity contribution in [2.75, 3.05) is 26.3 Å². The van der Waals surface area contributed by atoms with Crippen molar-refractivity contribution < 1.29 is 4.74 Å². The smallest absolute Gasteiger partial charge is 0.158 e. The fourth-order valence-electron chi connectivity index (χ4n) is 5.55. The Labute approximate surface area is 194 Å². The first-order valence-corrected chi connectivity index (χ1v) is 12.2. The third-order valence-electron chi connectivity index (χ3n) is 7.76. The predicted molar refractivity (Wildman–Crippen MR) is 130 cm³/mol. The van der Waals surface area contributed by atoms with Crippen molar-refractivity contribution in [3.63, 3.8) is 0 Å². The molecule has 7 nitrogen and oxygen atoms in total. The van der Waals surface area contributed by atoms with Crippen LogP contribution in [0.4, 0.5) is 0 Å². The predicted octanol–water partition coefficient (Wildman–Crippen LogP) is 4.59. The van der Waals surface area contributed by atoms with Crippen LogP contribution in [0.1, 0.15) is 60.9 Å². The van der Waals surface area contributed by atoms with E-state index in [2.05, 4.69) is 66.0 Å². The van der Waals surface area contributed by atoms with E-state index in [-0.39, 0.29) is 0 Å². The quantitative estimate of drug-likeness (QED) is 0.498. The Hall–Kier alpha value is -2.77. The molecule has 1 N–H and O–H groups in total. The fraction of sp³-hybridized carbons (Fsp3) is 0.500. The molecular formula is C26H32N6O. The lowest BCUT2D eigenvalue weighted by molar-refractivity contribution is -0.0713. The zero-order chi connectivity index (χ0) is 22.7. The van der Waals surface area contributed by atoms with E-state index in [1.54, 1.807) is 6.33 Å². The SMILES string of the molecule is Cc1c(-c2[nH]c3ccc(C4CCN(C5COC5)CC4)nc3c2C(C)C)cn2ncnc2c1C. The number of nitrogens with zero attached hydrogens (tertiary/aromatic N) is 5. The van der Waals surface area contributed by atoms with Crippen LogP contribution in [0.15, 0.2) is 24.7 Å². The summed E-state index contributed by atoms with van der Waals surface area (Å²) in [4.78, 5) is 16.0. The molecule has 0 aliphatic carbocycles. The molecule has 2 aliphatic heterocycles. The van der Waals surface area contributed by atoms with Crippen molar-refractivity contribution in [1.82, 2.24) is 29.5 Å². The molecule has 0 unspecified atom stereocenters. The number of aromatic nitrogens is 5. The van der Waals surface area contributed by atoms with Gasteiger partial charge in [-0.15, -0.1) is 0 Å². The van der Waals surface area contributed by atoms with E-state index >= 15 is 0 Å². The molecule has 0 aromatic carbocycles. The number of hydrogen-bond donors (Lipinski definition) is 1. The maximum atomic E-state index is 5.39. The van der Waals surface area contributed by atoms with Crippen LogP contribution in [-0.4, -0.2) is 61.8 Å². The summed E-state index contributed by atoms with van der Waals surface area (Å²) in [7, 11) is 0. The highest BCUT2D eigenvalue weighted by atomic mass is 16.5. The second kappa shape index (κ2) is 7.92. The van der Waals surface area contributed by atoms with Crippen LogP contribution >= 0.6 is 0 Å². The number of nitrogens with one attached hydrogen (secondary N) is 1. The van der Waals surface area contributed by atoms with Gasteiger partial charge in [0.05, 0.1) is 36.0 Å². The van der Waals surface area contributed by atoms with Gasteiger partial charge in [-0.1, -0.05) is 13.8 Å². The molecule has 0 spiro atoms. The third-order valence-corrected chi connectivity index (χ3v) is 7.76. The molecule has 4 aromatic heterocycles. The number of fused-ring (bicyclic) bond motifs is 2. The molecule has 2 fully saturated rings. The number of rotatable bonds is 4. The molecule has 0 bridgehead atoms. The van der Waals surface area contributed by atoms with Gasteiger partial charge in [-0.05, 0) is 69.0 Å². The topological polar surface area (TPSA) is 71.3 Å². The van der Waals surface area contributed by atoms with E-state index in [0.717, 1.165) is 54.2 Å². The molecule has 4 aromatic rings. The second-order valence-electron chi connectivity index (χ2n) is 10.0. The Morgan fingerprint density at radius 2 is 1.88 bits per heavy atom. The van der Waals surface area contributed by atoms with E-state index in [9.17, 15) is 0 Å². The summed E-state index contributed by atoms with van der Waals surface area (Å²) in [6, 6.07) is 5.10. The van der Waals surface area contributed by atoms with Crippen LogP contribution in [0.25, 0.3) is 27.9 Å². The number of H-pyrrole nitrogens is 1. The summed E-state index contributed by atoms with van der Waals surface area (Å²) in [5.74, 6) is 0.878. The molecule has 0 saturated carbocycles. The van der Waals surface area contributed by atoms with Crippen LogP contribution in [0.3, 0.4) is 0 Å². The van der Waals surface area contributed by atoms with Gasteiger partial charge < -0.3 is 9.72 Å². The molecule has 0 atom stereocenters. The molecule has 2 saturated heterocycles. The average Bonchev–Trinajstić information content (AvgIpc) is 3.39. The number of pyridine rings is 2. The highest BCUT2D eigenvalue weighted by molar-refractivity contribution is 5.89. The third kappa shape index (κ3) is 3.37. The number of piperidine rings is 1. The number of aryl methyl sites for hydroxylation is 1. The van der Waals surface area contributed by atoms with Crippen LogP contribution in [0.2, 0.25) is 0 Å². The lowest BCUT2D eigenvalue weighted by Gasteiger charge is -2.41. The summed E-state index contributed by atoms with van der Waals surface area (Å²) in [6.45, 7) is 12.9. The van der Waals surface area contributed by atoms with Gasteiger partial charge in [-0.3, -0.25) is 9.88 Å². The second-order valence-corrected chi connectivity index (χ2v) is 10.0. The first-order chi connectivity index (χ1) is 16.0. The maximum Gasteiger partial charge on any atom is 0.158 e. The van der Waals surface area contributed by atoms with E-state index in [1.165, 1.54) is 35.2 Å². The van der Waals surface area contributed by atoms with Crippen molar-refractivity contribution in [2.45, 2.75) is 58.4 Å². The Morgan fingerprint density at radius 1 is 1.09 bits per heavy atom. The largest absolute Gasteiger partial charge is 0.378 e. The number of hydrogen-bond acceptors (Lipinski definition) is 5. The minimum Gasteiger partial charge on any atom is -0.378 e. The highest BCUT2D eigenvalue weighted by Crippen LogP contribution is 2.38. The Bertz CT molecular complexity index is 1320. The minimum atomic E-state index is 0.350. The zero-order valence-corrected chi connectivity index (χ0v) is 19.9. The summed E-state index contributed by atoms with van der Waals surface area (Å²) >= 11 is 0. The van der Waals surface area contributed by atoms with E-state index < -0.39 is 0 Å². The van der Waals surface area contributed by atoms with Gasteiger partial charge in [0.15, 0.2) is 5.65 Å². The summed E-state index contributed by atoms with van der Waals surface area (Å²) < 4.78 is 7.27. The minimum absolute atomic E-state index is 0.350. The van der Waals surface area contributed by atoms with Gasteiger partial charge in [0.2, 0.25) is 0 Å². The Balaban J connectivity index is 1.40. The lowest BCUT2D eigenvalue weighted by Crippen LogP contribution is -2.51. The summed E-state index contributed by atoms with van der Waals surface area (Å²) in [5, 5.41) is 4.40. The van der Waals surface area contributed by atoms with Crippen LogP contribution in [-0.2, 0) is 4.74 Å². The Morgan fingerprint density at radius 3 is 2.58 bits per heavy atom. The normalized spacial score (nSPS) is 18.6. The molecule has 172 valence electrons. The van der Waals surface area contributed by atoms with Crippen molar-refractivity contribution in [3.05, 3.63) is 47.0 Å². The molecule has 2 aliphatic rings. The number of likely N-dealkylation sites (tertiary alicyclic amines) is 1. The fourth-order valence-corrected chi connectivity index (χ4v) is 5.55. The van der Waals surface area contributed by atoms with Crippen molar-refractivity contribution in [1.29, 1.82) is 0 Å². The van der Waals surface area contributed by atoms with E-state index in [0.29, 0.717) is 17.9 Å². The maximum absolute atomic E-state index is 5.39. The molecular weight excluding hydrogens is 412 g/mol. The van der Waals surface area contributed by atoms with E-state index in [4.69, 9.17) is 9.72 Å². The van der Waals surface area contributed by atoms with Crippen LogP contribution in [0.5, 0.6) is 0 Å². The standard InChI is InChI=1S/C26H32N6O/c1-15(2)23-24(20-11-32-26(27-14-28-32)17(4)16(20)3)30-22-6-5-21(29-25(22)23)18-7-9-31(10-8-18)19-12-33-13-19/h5-6,11,14-15,18-19,30H,7-10,12-13H2,1-4H3. The molecule has 0 radical (unpaired) electrons. The molecule has 0 amide bonds. The van der Waals surface area contributed by atoms with Gasteiger partial charge in [-0.25, -0.2) is 9.50 Å². The highest BCUT2D eigenvalue weighted by Gasteiger charge is 2.31. The summed E-state index contributed by atoms with van der Waals surface area (Å²) in [5.41, 5.74) is 10.4. The first kappa shape index (κ1) is 20.8. The van der Waals surface area contributed by atoms with Gasteiger partial charge in [0, 0.05) is 28.9 Å². The summed E-state index contributed by atoms with van der Waals surface area (Å²) in [6.07, 6.45) is 6.06. The molecule has 33 heavy (non-hydrogen) atoms. The lowest BCUT2D eigenvalue weighted by atomic mass is 9.91. The number of ether oxygens (including phenoxy) is 1. The number of aromatic amines is 1. The van der Waals surface area contributed by atoms with Crippen LogP contribution in [0, 0.1) is 13.8 Å². The molecule has 6 heterocycles. The van der Waals surface area contributed by atoms with Crippen molar-refractivity contribution in [3.8, 4) is 11.3 Å². The van der Waals surface area contributed by atoms with Gasteiger partial charge in [-0.2, -0.15) is 5.10 Å². The zero-order valence-electron chi connectivity index (χ0n) is 19.9. The molecule has 7 heteroatoms. The van der Waals surface area contributed by atoms with Crippen LogP contribution < -0.4 is 0 Å². The van der Waals surface area contributed by atoms with Gasteiger partial charge in [0.1, 0.15) is 6.33 Å². The van der Waals surface area contributed by atoms with Gasteiger partial charge in [0.25, 0.3) is 0 Å². The van der Waals surface area contributed by atoms with E-state index in [1.807, 2.05) is 4.52 Å². The van der Waals surface area contributed by atoms with Gasteiger partial charge >= 0.3 is 0 Å². The van der Waals surface area contributed by atoms with Crippen molar-refractivity contribution in [2.24, 2.45) is 0 Å². The van der Waals surface area contributed by atoms with Crippen molar-refractivity contribution >= 4 is 16.7 Å². The first-order valence-electron chi connectivity index (χ1n) is 12.2. The average molecular weight is 445 g/mol. The molecule has 6 rings (SSSR count).